The molecule has 5 nitrogen and oxygen atoms in total. The molecule has 0 atom stereocenters. The third kappa shape index (κ3) is 7.71. The van der Waals surface area contributed by atoms with Crippen LogP contribution >= 0.6 is 0 Å². The van der Waals surface area contributed by atoms with E-state index in [0.717, 1.165) is 11.1 Å². The lowest BCUT2D eigenvalue weighted by Gasteiger charge is -2.07. The Labute approximate surface area is 114 Å². The average Bonchev–Trinajstić information content (AvgIpc) is 2.37. The smallest absolute Gasteiger partial charge is 0.211 e. The summed E-state index contributed by atoms with van der Waals surface area (Å²) in [5, 5.41) is 0. The van der Waals surface area contributed by atoms with Gasteiger partial charge in [-0.3, -0.25) is 4.98 Å². The number of hydrogen-bond acceptors (Lipinski definition) is 4. The maximum Gasteiger partial charge on any atom is 0.211 e. The fourth-order valence-corrected chi connectivity index (χ4v) is 2.43. The Hall–Kier alpha value is -1.24. The molecule has 19 heavy (non-hydrogen) atoms. The molecular weight excluding hydrogens is 264 g/mol. The normalized spacial score (nSPS) is 11.4. The highest BCUT2D eigenvalue weighted by atomic mass is 32.2. The lowest BCUT2D eigenvalue weighted by Crippen LogP contribution is -2.30. The molecule has 1 heterocycles. The molecule has 1 aromatic rings. The van der Waals surface area contributed by atoms with Gasteiger partial charge >= 0.3 is 0 Å². The molecule has 0 bridgehead atoms. The zero-order chi connectivity index (χ0) is 14.1. The quantitative estimate of drug-likeness (QED) is 0.545. The first-order chi connectivity index (χ1) is 8.99. The van der Waals surface area contributed by atoms with E-state index in [1.807, 2.05) is 19.1 Å². The molecule has 0 aromatic carbocycles. The van der Waals surface area contributed by atoms with Gasteiger partial charge in [0.25, 0.3) is 0 Å². The molecule has 0 spiro atoms. The number of pyridine rings is 1. The van der Waals surface area contributed by atoms with Gasteiger partial charge in [-0.05, 0) is 31.0 Å². The predicted octanol–water partition coefficient (Wildman–Crippen LogP) is 1.14. The van der Waals surface area contributed by atoms with Crippen LogP contribution in [0.15, 0.2) is 36.7 Å². The number of nitrogens with zero attached hydrogens (tertiary/aromatic N) is 1. The van der Waals surface area contributed by atoms with Crippen LogP contribution in [0.25, 0.3) is 0 Å². The van der Waals surface area contributed by atoms with Gasteiger partial charge in [-0.25, -0.2) is 13.1 Å². The summed E-state index contributed by atoms with van der Waals surface area (Å²) in [6.45, 7) is 6.65. The Bertz CT molecular complexity index is 486. The van der Waals surface area contributed by atoms with E-state index < -0.39 is 10.0 Å². The Morgan fingerprint density at radius 3 is 2.74 bits per heavy atom. The maximum absolute atomic E-state index is 11.7. The van der Waals surface area contributed by atoms with Gasteiger partial charge in [0.05, 0.1) is 19.0 Å². The molecule has 0 aliphatic rings. The van der Waals surface area contributed by atoms with Gasteiger partial charge in [0.1, 0.15) is 0 Å². The third-order valence-corrected chi connectivity index (χ3v) is 3.71. The van der Waals surface area contributed by atoms with E-state index in [1.54, 1.807) is 12.4 Å². The van der Waals surface area contributed by atoms with Crippen molar-refractivity contribution in [1.82, 2.24) is 9.71 Å². The Kier molecular flexibility index (Phi) is 6.69. The SMILES string of the molecule is C=C(C)COCCNS(=O)(=O)CCc1ccncc1. The molecule has 0 amide bonds. The molecule has 0 radical (unpaired) electrons. The molecule has 1 N–H and O–H groups in total. The minimum Gasteiger partial charge on any atom is -0.376 e. The van der Waals surface area contributed by atoms with Crippen molar-refractivity contribution in [2.45, 2.75) is 13.3 Å². The largest absolute Gasteiger partial charge is 0.376 e. The van der Waals surface area contributed by atoms with E-state index in [-0.39, 0.29) is 12.3 Å². The third-order valence-electron chi connectivity index (χ3n) is 2.33. The van der Waals surface area contributed by atoms with Crippen LogP contribution in [-0.4, -0.2) is 38.9 Å². The van der Waals surface area contributed by atoms with Gasteiger partial charge < -0.3 is 4.74 Å². The topological polar surface area (TPSA) is 68.3 Å². The van der Waals surface area contributed by atoms with Crippen molar-refractivity contribution in [1.29, 1.82) is 0 Å². The van der Waals surface area contributed by atoms with Crippen LogP contribution in [-0.2, 0) is 21.2 Å². The van der Waals surface area contributed by atoms with Crippen molar-refractivity contribution in [2.75, 3.05) is 25.5 Å². The molecule has 0 aliphatic heterocycles. The first-order valence-electron chi connectivity index (χ1n) is 6.08. The van der Waals surface area contributed by atoms with Crippen LogP contribution in [0.4, 0.5) is 0 Å². The molecule has 0 aliphatic carbocycles. The summed E-state index contributed by atoms with van der Waals surface area (Å²) in [5.74, 6) is 0.0670. The van der Waals surface area contributed by atoms with E-state index in [4.69, 9.17) is 4.74 Å². The van der Waals surface area contributed by atoms with Crippen LogP contribution in [0.1, 0.15) is 12.5 Å². The number of sulfonamides is 1. The Balaban J connectivity index is 2.23. The zero-order valence-corrected chi connectivity index (χ0v) is 11.9. The minimum atomic E-state index is -3.25. The summed E-state index contributed by atoms with van der Waals surface area (Å²) >= 11 is 0. The molecule has 0 fully saturated rings. The van der Waals surface area contributed by atoms with Gasteiger partial charge in [0.2, 0.25) is 10.0 Å². The molecule has 0 saturated heterocycles. The van der Waals surface area contributed by atoms with Crippen LogP contribution in [0, 0.1) is 0 Å². The van der Waals surface area contributed by atoms with Crippen molar-refractivity contribution in [3.8, 4) is 0 Å². The number of nitrogens with one attached hydrogen (secondary N) is 1. The van der Waals surface area contributed by atoms with E-state index in [9.17, 15) is 8.42 Å². The summed E-state index contributed by atoms with van der Waals surface area (Å²) in [6, 6.07) is 3.62. The summed E-state index contributed by atoms with van der Waals surface area (Å²) in [4.78, 5) is 3.89. The lowest BCUT2D eigenvalue weighted by molar-refractivity contribution is 0.162. The Morgan fingerprint density at radius 1 is 1.42 bits per heavy atom. The van der Waals surface area contributed by atoms with E-state index in [2.05, 4.69) is 16.3 Å². The second kappa shape index (κ2) is 8.04. The fourth-order valence-electron chi connectivity index (χ4n) is 1.39. The summed E-state index contributed by atoms with van der Waals surface area (Å²) in [7, 11) is -3.25. The van der Waals surface area contributed by atoms with Gasteiger partial charge in [-0.2, -0.15) is 0 Å². The maximum atomic E-state index is 11.7. The van der Waals surface area contributed by atoms with Crippen LogP contribution in [0.5, 0.6) is 0 Å². The van der Waals surface area contributed by atoms with E-state index >= 15 is 0 Å². The summed E-state index contributed by atoms with van der Waals surface area (Å²) < 4.78 is 31.1. The van der Waals surface area contributed by atoms with Crippen LogP contribution in [0.3, 0.4) is 0 Å². The van der Waals surface area contributed by atoms with Gasteiger partial charge in [-0.1, -0.05) is 12.2 Å². The first-order valence-corrected chi connectivity index (χ1v) is 7.73. The number of ether oxygens (including phenoxy) is 1. The first kappa shape index (κ1) is 15.8. The lowest BCUT2D eigenvalue weighted by atomic mass is 10.2. The second-order valence-corrected chi connectivity index (χ2v) is 6.25. The number of rotatable bonds is 9. The Morgan fingerprint density at radius 2 is 2.11 bits per heavy atom. The average molecular weight is 284 g/mol. The number of aryl methyl sites for hydroxylation is 1. The van der Waals surface area contributed by atoms with Crippen molar-refractivity contribution in [3.63, 3.8) is 0 Å². The molecule has 0 unspecified atom stereocenters. The van der Waals surface area contributed by atoms with Gasteiger partial charge in [0, 0.05) is 18.9 Å². The standard InChI is InChI=1S/C13H20N2O3S/c1-12(2)11-18-9-8-15-19(16,17)10-5-13-3-6-14-7-4-13/h3-4,6-7,15H,1,5,8-11H2,2H3. The predicted molar refractivity (Wildman–Crippen MR) is 75.4 cm³/mol. The van der Waals surface area contributed by atoms with Crippen LogP contribution < -0.4 is 4.72 Å². The fraction of sp³-hybridized carbons (Fsp3) is 0.462. The number of aromatic nitrogens is 1. The van der Waals surface area contributed by atoms with Gasteiger partial charge in [0.15, 0.2) is 0 Å². The summed E-state index contributed by atoms with van der Waals surface area (Å²) in [6.07, 6.45) is 3.78. The van der Waals surface area contributed by atoms with Gasteiger partial charge in [-0.15, -0.1) is 0 Å². The minimum absolute atomic E-state index is 0.0670. The van der Waals surface area contributed by atoms with Crippen molar-refractivity contribution < 1.29 is 13.2 Å². The monoisotopic (exact) mass is 284 g/mol. The second-order valence-electron chi connectivity index (χ2n) is 4.33. The molecular formula is C13H20N2O3S. The molecule has 1 aromatic heterocycles. The van der Waals surface area contributed by atoms with Crippen molar-refractivity contribution in [3.05, 3.63) is 42.2 Å². The van der Waals surface area contributed by atoms with E-state index in [0.29, 0.717) is 19.6 Å². The molecule has 106 valence electrons. The summed E-state index contributed by atoms with van der Waals surface area (Å²) in [5.41, 5.74) is 1.87. The van der Waals surface area contributed by atoms with E-state index in [1.165, 1.54) is 0 Å². The van der Waals surface area contributed by atoms with Crippen LogP contribution in [0.2, 0.25) is 0 Å². The van der Waals surface area contributed by atoms with Crippen molar-refractivity contribution in [2.24, 2.45) is 0 Å². The van der Waals surface area contributed by atoms with Crippen molar-refractivity contribution >= 4 is 10.0 Å². The molecule has 1 rings (SSSR count). The highest BCUT2D eigenvalue weighted by Crippen LogP contribution is 1.99. The molecule has 0 saturated carbocycles. The highest BCUT2D eigenvalue weighted by molar-refractivity contribution is 7.89. The molecule has 6 heteroatoms. The highest BCUT2D eigenvalue weighted by Gasteiger charge is 2.09. The number of hydrogen-bond donors (Lipinski definition) is 1. The zero-order valence-electron chi connectivity index (χ0n) is 11.1.